The van der Waals surface area contributed by atoms with Gasteiger partial charge in [-0.1, -0.05) is 6.07 Å². The maximum atomic E-state index is 12.4. The van der Waals surface area contributed by atoms with E-state index in [1.807, 2.05) is 25.1 Å². The van der Waals surface area contributed by atoms with Gasteiger partial charge in [0, 0.05) is 12.4 Å². The van der Waals surface area contributed by atoms with Crippen LogP contribution >= 0.6 is 0 Å². The van der Waals surface area contributed by atoms with Crippen LogP contribution in [0.3, 0.4) is 0 Å². The molecule has 9 nitrogen and oxygen atoms in total. The van der Waals surface area contributed by atoms with Gasteiger partial charge in [-0.3, -0.25) is 14.3 Å². The molecule has 0 atom stereocenters. The molecular formula is C17H18N6O3. The van der Waals surface area contributed by atoms with Crippen molar-refractivity contribution in [1.29, 1.82) is 0 Å². The van der Waals surface area contributed by atoms with Crippen LogP contribution in [-0.2, 0) is 11.3 Å². The first-order chi connectivity index (χ1) is 12.5. The Balaban J connectivity index is 1.77. The Labute approximate surface area is 149 Å². The predicted octanol–water partition coefficient (Wildman–Crippen LogP) is 1.12. The number of nitrogens with two attached hydrogens (primary N) is 1. The topological polar surface area (TPSA) is 117 Å². The summed E-state index contributed by atoms with van der Waals surface area (Å²) in [6.07, 6.45) is 4.63. The molecule has 0 spiro atoms. The molecule has 0 saturated carbocycles. The zero-order valence-corrected chi connectivity index (χ0v) is 14.3. The van der Waals surface area contributed by atoms with Crippen molar-refractivity contribution >= 4 is 17.5 Å². The Kier molecular flexibility index (Phi) is 4.70. The molecule has 9 heteroatoms. The van der Waals surface area contributed by atoms with Crippen molar-refractivity contribution in [2.75, 3.05) is 12.4 Å². The van der Waals surface area contributed by atoms with Crippen LogP contribution in [0.2, 0.25) is 0 Å². The van der Waals surface area contributed by atoms with Crippen LogP contribution in [0, 0.1) is 6.92 Å². The van der Waals surface area contributed by atoms with Gasteiger partial charge in [-0.25, -0.2) is 4.68 Å². The van der Waals surface area contributed by atoms with E-state index in [0.717, 1.165) is 11.3 Å². The third-order valence-electron chi connectivity index (χ3n) is 3.61. The Bertz CT molecular complexity index is 959. The number of methoxy groups -OCH3 is 1. The zero-order chi connectivity index (χ0) is 18.7. The van der Waals surface area contributed by atoms with E-state index in [4.69, 9.17) is 10.5 Å². The van der Waals surface area contributed by atoms with Crippen LogP contribution in [-0.4, -0.2) is 38.5 Å². The number of nitrogens with one attached hydrogen (secondary N) is 1. The smallest absolute Gasteiger partial charge is 0.276 e. The summed E-state index contributed by atoms with van der Waals surface area (Å²) in [5, 5.41) is 10.9. The normalized spacial score (nSPS) is 10.5. The second-order valence-electron chi connectivity index (χ2n) is 5.67. The third-order valence-corrected chi connectivity index (χ3v) is 3.61. The molecule has 3 N–H and O–H groups in total. The van der Waals surface area contributed by atoms with E-state index >= 15 is 0 Å². The van der Waals surface area contributed by atoms with E-state index in [9.17, 15) is 9.59 Å². The summed E-state index contributed by atoms with van der Waals surface area (Å²) >= 11 is 0. The molecular weight excluding hydrogens is 336 g/mol. The van der Waals surface area contributed by atoms with E-state index in [1.54, 1.807) is 24.1 Å². The first-order valence-electron chi connectivity index (χ1n) is 7.79. The molecule has 1 aromatic carbocycles. The number of aryl methyl sites for hydroxylation is 1. The van der Waals surface area contributed by atoms with Crippen molar-refractivity contribution in [3.8, 4) is 11.4 Å². The highest BCUT2D eigenvalue weighted by atomic mass is 16.5. The average Bonchev–Trinajstić information content (AvgIpc) is 3.24. The van der Waals surface area contributed by atoms with Crippen LogP contribution < -0.4 is 15.8 Å². The molecule has 2 aromatic heterocycles. The molecule has 26 heavy (non-hydrogen) atoms. The van der Waals surface area contributed by atoms with Crippen LogP contribution in [0.1, 0.15) is 16.1 Å². The summed E-state index contributed by atoms with van der Waals surface area (Å²) in [6.45, 7) is 1.90. The molecule has 2 heterocycles. The number of hydrogen-bond acceptors (Lipinski definition) is 5. The number of ether oxygens (including phenoxy) is 1. The van der Waals surface area contributed by atoms with E-state index < -0.39 is 11.8 Å². The lowest BCUT2D eigenvalue weighted by molar-refractivity contribution is -0.118. The molecule has 0 saturated heterocycles. The quantitative estimate of drug-likeness (QED) is 0.688. The van der Waals surface area contributed by atoms with Crippen LogP contribution in [0.25, 0.3) is 5.69 Å². The summed E-state index contributed by atoms with van der Waals surface area (Å²) in [4.78, 5) is 23.3. The maximum Gasteiger partial charge on any atom is 0.276 e. The van der Waals surface area contributed by atoms with Crippen molar-refractivity contribution in [2.24, 2.45) is 5.73 Å². The first kappa shape index (κ1) is 17.2. The standard InChI is InChI=1S/C17H18N6O3/c1-11-3-4-15(26-2)14(7-11)23-6-5-13(21-23)17(25)20-12-8-19-22(9-12)10-16(18)24/h3-9H,10H2,1-2H3,(H2,18,24)(H,20,25). The molecule has 0 radical (unpaired) electrons. The highest BCUT2D eigenvalue weighted by Gasteiger charge is 2.14. The van der Waals surface area contributed by atoms with Gasteiger partial charge in [0.2, 0.25) is 5.91 Å². The minimum atomic E-state index is -0.517. The fourth-order valence-electron chi connectivity index (χ4n) is 2.43. The van der Waals surface area contributed by atoms with Gasteiger partial charge in [-0.05, 0) is 30.7 Å². The third kappa shape index (κ3) is 3.72. The molecule has 134 valence electrons. The van der Waals surface area contributed by atoms with Crippen LogP contribution in [0.5, 0.6) is 5.75 Å². The first-order valence-corrected chi connectivity index (χ1v) is 7.79. The molecule has 0 aliphatic carbocycles. The lowest BCUT2D eigenvalue weighted by Gasteiger charge is -2.09. The lowest BCUT2D eigenvalue weighted by atomic mass is 10.2. The Hall–Kier alpha value is -3.62. The average molecular weight is 354 g/mol. The van der Waals surface area contributed by atoms with Crippen molar-refractivity contribution in [3.63, 3.8) is 0 Å². The minimum Gasteiger partial charge on any atom is -0.494 e. The largest absolute Gasteiger partial charge is 0.494 e. The van der Waals surface area contributed by atoms with E-state index in [2.05, 4.69) is 15.5 Å². The molecule has 2 amide bonds. The summed E-state index contributed by atoms with van der Waals surface area (Å²) in [5.41, 5.74) is 7.57. The van der Waals surface area contributed by atoms with Gasteiger partial charge in [0.05, 0.1) is 19.0 Å². The zero-order valence-electron chi connectivity index (χ0n) is 14.3. The van der Waals surface area contributed by atoms with Crippen LogP contribution in [0.4, 0.5) is 5.69 Å². The number of nitrogens with zero attached hydrogens (tertiary/aromatic N) is 4. The number of amides is 2. The molecule has 0 fully saturated rings. The molecule has 3 aromatic rings. The van der Waals surface area contributed by atoms with E-state index in [0.29, 0.717) is 11.4 Å². The van der Waals surface area contributed by atoms with Crippen molar-refractivity contribution in [2.45, 2.75) is 13.5 Å². The Morgan fingerprint density at radius 1 is 1.31 bits per heavy atom. The lowest BCUT2D eigenvalue weighted by Crippen LogP contribution is -2.18. The Morgan fingerprint density at radius 3 is 2.85 bits per heavy atom. The van der Waals surface area contributed by atoms with Crippen molar-refractivity contribution in [3.05, 3.63) is 54.1 Å². The van der Waals surface area contributed by atoms with Crippen molar-refractivity contribution < 1.29 is 14.3 Å². The second kappa shape index (κ2) is 7.09. The van der Waals surface area contributed by atoms with E-state index in [-0.39, 0.29) is 12.2 Å². The van der Waals surface area contributed by atoms with Gasteiger partial charge >= 0.3 is 0 Å². The van der Waals surface area contributed by atoms with Crippen molar-refractivity contribution in [1.82, 2.24) is 19.6 Å². The number of primary amides is 1. The molecule has 0 aliphatic rings. The van der Waals surface area contributed by atoms with Gasteiger partial charge in [0.1, 0.15) is 18.0 Å². The summed E-state index contributed by atoms with van der Waals surface area (Å²) in [7, 11) is 1.58. The fraction of sp³-hybridized carbons (Fsp3) is 0.176. The van der Waals surface area contributed by atoms with Crippen LogP contribution in [0.15, 0.2) is 42.9 Å². The Morgan fingerprint density at radius 2 is 2.12 bits per heavy atom. The van der Waals surface area contributed by atoms with E-state index in [1.165, 1.54) is 17.1 Å². The number of carbonyl (C=O) groups excluding carboxylic acids is 2. The number of aromatic nitrogens is 4. The van der Waals surface area contributed by atoms with Gasteiger partial charge in [0.25, 0.3) is 5.91 Å². The number of hydrogen-bond donors (Lipinski definition) is 2. The maximum absolute atomic E-state index is 12.4. The SMILES string of the molecule is COc1ccc(C)cc1-n1ccc(C(=O)Nc2cnn(CC(N)=O)c2)n1. The molecule has 0 unspecified atom stereocenters. The molecule has 0 bridgehead atoms. The minimum absolute atomic E-state index is 0.0579. The van der Waals surface area contributed by atoms with Gasteiger partial charge in [0.15, 0.2) is 5.69 Å². The molecule has 0 aliphatic heterocycles. The van der Waals surface area contributed by atoms with Gasteiger partial charge in [-0.2, -0.15) is 10.2 Å². The monoisotopic (exact) mass is 354 g/mol. The number of anilines is 1. The van der Waals surface area contributed by atoms with Gasteiger partial charge in [-0.15, -0.1) is 0 Å². The highest BCUT2D eigenvalue weighted by molar-refractivity contribution is 6.02. The summed E-state index contributed by atoms with van der Waals surface area (Å²) in [5.74, 6) is -0.260. The predicted molar refractivity (Wildman–Crippen MR) is 94.2 cm³/mol. The number of rotatable bonds is 6. The molecule has 3 rings (SSSR count). The number of benzene rings is 1. The van der Waals surface area contributed by atoms with Gasteiger partial charge < -0.3 is 15.8 Å². The highest BCUT2D eigenvalue weighted by Crippen LogP contribution is 2.23. The second-order valence-corrected chi connectivity index (χ2v) is 5.67. The summed E-state index contributed by atoms with van der Waals surface area (Å²) in [6, 6.07) is 7.30. The number of carbonyl (C=O) groups is 2. The fourth-order valence-corrected chi connectivity index (χ4v) is 2.43. The summed E-state index contributed by atoms with van der Waals surface area (Å²) < 4.78 is 8.27.